The number of rotatable bonds is 6. The van der Waals surface area contributed by atoms with Crippen molar-refractivity contribution in [3.63, 3.8) is 0 Å². The predicted octanol–water partition coefficient (Wildman–Crippen LogP) is 2.76. The quantitative estimate of drug-likeness (QED) is 0.635. The molecule has 2 rings (SSSR count). The molecule has 6 heteroatoms. The van der Waals surface area contributed by atoms with Gasteiger partial charge in [0, 0.05) is 23.9 Å². The van der Waals surface area contributed by atoms with Crippen molar-refractivity contribution in [1.29, 1.82) is 5.41 Å². The molecule has 22 heavy (non-hydrogen) atoms. The second-order valence-electron chi connectivity index (χ2n) is 4.44. The Kier molecular flexibility index (Phi) is 5.19. The number of pyridine rings is 1. The minimum Gasteiger partial charge on any atom is -0.461 e. The number of carbonyl (C=O) groups excluding carboxylic acids is 1. The highest BCUT2D eigenvalue weighted by Crippen LogP contribution is 2.15. The zero-order valence-corrected chi connectivity index (χ0v) is 12.1. The molecule has 0 saturated heterocycles. The van der Waals surface area contributed by atoms with Crippen molar-refractivity contribution in [2.24, 2.45) is 0 Å². The van der Waals surface area contributed by atoms with E-state index < -0.39 is 5.97 Å². The number of esters is 1. The number of hydrogen-bond acceptors (Lipinski definition) is 5. The van der Waals surface area contributed by atoms with Gasteiger partial charge >= 0.3 is 5.97 Å². The second-order valence-corrected chi connectivity index (χ2v) is 4.44. The summed E-state index contributed by atoms with van der Waals surface area (Å²) in [4.78, 5) is 15.8. The third-order valence-electron chi connectivity index (χ3n) is 2.96. The molecule has 0 unspecified atom stereocenters. The van der Waals surface area contributed by atoms with Crippen molar-refractivity contribution in [1.82, 2.24) is 4.98 Å². The molecule has 0 aliphatic rings. The van der Waals surface area contributed by atoms with Gasteiger partial charge in [-0.15, -0.1) is 0 Å². The third-order valence-corrected chi connectivity index (χ3v) is 2.96. The molecule has 0 radical (unpaired) electrons. The molecule has 2 N–H and O–H groups in total. The van der Waals surface area contributed by atoms with E-state index in [0.29, 0.717) is 16.9 Å². The van der Waals surface area contributed by atoms with Gasteiger partial charge in [0.1, 0.15) is 11.6 Å². The molecule has 0 aliphatic heterocycles. The lowest BCUT2D eigenvalue weighted by molar-refractivity contribution is -0.135. The maximum absolute atomic E-state index is 13.6. The Morgan fingerprint density at radius 3 is 2.82 bits per heavy atom. The fourth-order valence-electron chi connectivity index (χ4n) is 1.88. The van der Waals surface area contributed by atoms with Crippen LogP contribution in [0.1, 0.15) is 18.1 Å². The number of anilines is 1. The number of nitrogens with one attached hydrogen (secondary N) is 2. The highest BCUT2D eigenvalue weighted by Gasteiger charge is 2.17. The van der Waals surface area contributed by atoms with Gasteiger partial charge in [-0.25, -0.2) is 14.2 Å². The summed E-state index contributed by atoms with van der Waals surface area (Å²) in [5.41, 5.74) is 0.505. The fraction of sp³-hybridized carbons (Fsp3) is 0.188. The first-order chi connectivity index (χ1) is 10.6. The Labute approximate surface area is 127 Å². The average Bonchev–Trinajstić information content (AvgIpc) is 2.54. The van der Waals surface area contributed by atoms with E-state index in [0.717, 1.165) is 0 Å². The van der Waals surface area contributed by atoms with Crippen LogP contribution in [0.2, 0.25) is 0 Å². The number of aromatic nitrogens is 1. The lowest BCUT2D eigenvalue weighted by atomic mass is 10.1. The van der Waals surface area contributed by atoms with Crippen LogP contribution >= 0.6 is 0 Å². The minimum absolute atomic E-state index is 0.194. The summed E-state index contributed by atoms with van der Waals surface area (Å²) in [5, 5.41) is 10.8. The van der Waals surface area contributed by atoms with Crippen LogP contribution in [0.4, 0.5) is 10.2 Å². The predicted molar refractivity (Wildman–Crippen MR) is 81.4 cm³/mol. The van der Waals surface area contributed by atoms with Crippen molar-refractivity contribution in [2.75, 3.05) is 11.9 Å². The van der Waals surface area contributed by atoms with Gasteiger partial charge in [-0.1, -0.05) is 18.2 Å². The molecule has 0 saturated carbocycles. The van der Waals surface area contributed by atoms with E-state index >= 15 is 0 Å². The number of hydrogen-bond donors (Lipinski definition) is 2. The van der Waals surface area contributed by atoms with Crippen LogP contribution < -0.4 is 5.32 Å². The standard InChI is InChI=1S/C16H16FN3O2/c1-2-22-16(21)14(18)12-7-5-9-19-15(12)20-10-11-6-3-4-8-13(11)17/h3-9,18H,2,10H2,1H3,(H,19,20). The summed E-state index contributed by atoms with van der Waals surface area (Å²) >= 11 is 0. The van der Waals surface area contributed by atoms with Crippen molar-refractivity contribution < 1.29 is 13.9 Å². The number of nitrogens with zero attached hydrogens (tertiary/aromatic N) is 1. The summed E-state index contributed by atoms with van der Waals surface area (Å²) < 4.78 is 18.4. The SMILES string of the molecule is CCOC(=O)C(=N)c1cccnc1NCc1ccccc1F. The highest BCUT2D eigenvalue weighted by atomic mass is 19.1. The van der Waals surface area contributed by atoms with Gasteiger partial charge < -0.3 is 10.1 Å². The Bertz CT molecular complexity index is 689. The molecular formula is C16H16FN3O2. The van der Waals surface area contributed by atoms with E-state index in [4.69, 9.17) is 10.1 Å². The Morgan fingerprint density at radius 2 is 2.09 bits per heavy atom. The van der Waals surface area contributed by atoms with Crippen LogP contribution in [0.5, 0.6) is 0 Å². The molecule has 1 aromatic carbocycles. The summed E-state index contributed by atoms with van der Waals surface area (Å²) in [6, 6.07) is 9.59. The Hall–Kier alpha value is -2.76. The lowest BCUT2D eigenvalue weighted by Crippen LogP contribution is -2.19. The maximum atomic E-state index is 13.6. The van der Waals surface area contributed by atoms with Crippen LogP contribution in [0.3, 0.4) is 0 Å². The third kappa shape index (κ3) is 3.66. The molecule has 0 bridgehead atoms. The summed E-state index contributed by atoms with van der Waals surface area (Å²) in [6.07, 6.45) is 1.53. The largest absolute Gasteiger partial charge is 0.461 e. The Balaban J connectivity index is 2.17. The monoisotopic (exact) mass is 301 g/mol. The van der Waals surface area contributed by atoms with Crippen molar-refractivity contribution in [3.8, 4) is 0 Å². The van der Waals surface area contributed by atoms with Crippen molar-refractivity contribution in [2.45, 2.75) is 13.5 Å². The molecular weight excluding hydrogens is 285 g/mol. The number of carbonyl (C=O) groups is 1. The van der Waals surface area contributed by atoms with E-state index in [1.165, 1.54) is 12.3 Å². The fourth-order valence-corrected chi connectivity index (χ4v) is 1.88. The molecule has 2 aromatic rings. The topological polar surface area (TPSA) is 75.1 Å². The van der Waals surface area contributed by atoms with Gasteiger partial charge in [-0.05, 0) is 25.1 Å². The first-order valence-corrected chi connectivity index (χ1v) is 6.81. The van der Waals surface area contributed by atoms with E-state index in [-0.39, 0.29) is 24.7 Å². The zero-order valence-electron chi connectivity index (χ0n) is 12.1. The molecule has 1 aromatic heterocycles. The molecule has 1 heterocycles. The molecule has 0 atom stereocenters. The summed E-state index contributed by atoms with van der Waals surface area (Å²) in [6.45, 7) is 2.07. The summed E-state index contributed by atoms with van der Waals surface area (Å²) in [7, 11) is 0. The maximum Gasteiger partial charge on any atom is 0.356 e. The minimum atomic E-state index is -0.718. The van der Waals surface area contributed by atoms with Crippen LogP contribution in [0.25, 0.3) is 0 Å². The van der Waals surface area contributed by atoms with Crippen molar-refractivity contribution in [3.05, 3.63) is 59.5 Å². The van der Waals surface area contributed by atoms with Gasteiger partial charge in [0.15, 0.2) is 5.71 Å². The summed E-state index contributed by atoms with van der Waals surface area (Å²) in [5.74, 6) is -0.707. The molecule has 0 fully saturated rings. The van der Waals surface area contributed by atoms with Gasteiger partial charge in [0.2, 0.25) is 0 Å². The van der Waals surface area contributed by atoms with Crippen LogP contribution in [-0.4, -0.2) is 23.3 Å². The van der Waals surface area contributed by atoms with Gasteiger partial charge in [-0.2, -0.15) is 0 Å². The average molecular weight is 301 g/mol. The number of halogens is 1. The van der Waals surface area contributed by atoms with Crippen molar-refractivity contribution >= 4 is 17.5 Å². The van der Waals surface area contributed by atoms with Gasteiger partial charge in [0.25, 0.3) is 0 Å². The van der Waals surface area contributed by atoms with E-state index in [2.05, 4.69) is 10.3 Å². The molecule has 0 spiro atoms. The van der Waals surface area contributed by atoms with Crippen LogP contribution in [-0.2, 0) is 16.1 Å². The van der Waals surface area contributed by atoms with E-state index in [1.54, 1.807) is 37.3 Å². The van der Waals surface area contributed by atoms with E-state index in [9.17, 15) is 9.18 Å². The molecule has 5 nitrogen and oxygen atoms in total. The highest BCUT2D eigenvalue weighted by molar-refractivity contribution is 6.43. The van der Waals surface area contributed by atoms with E-state index in [1.807, 2.05) is 0 Å². The number of benzene rings is 1. The van der Waals surface area contributed by atoms with Gasteiger partial charge in [0.05, 0.1) is 6.61 Å². The number of ether oxygens (including phenoxy) is 1. The smallest absolute Gasteiger partial charge is 0.356 e. The zero-order chi connectivity index (χ0) is 15.9. The Morgan fingerprint density at radius 1 is 1.32 bits per heavy atom. The molecule has 0 aliphatic carbocycles. The molecule has 114 valence electrons. The second kappa shape index (κ2) is 7.31. The van der Waals surface area contributed by atoms with Crippen LogP contribution in [0.15, 0.2) is 42.6 Å². The molecule has 0 amide bonds. The first kappa shape index (κ1) is 15.6. The van der Waals surface area contributed by atoms with Crippen LogP contribution in [0, 0.1) is 11.2 Å². The normalized spacial score (nSPS) is 10.1. The first-order valence-electron chi connectivity index (χ1n) is 6.81. The van der Waals surface area contributed by atoms with Gasteiger partial charge in [-0.3, -0.25) is 5.41 Å². The lowest BCUT2D eigenvalue weighted by Gasteiger charge is -2.11.